The van der Waals surface area contributed by atoms with E-state index in [-0.39, 0.29) is 29.5 Å². The molecule has 0 aliphatic heterocycles. The second-order valence-corrected chi connectivity index (χ2v) is 6.33. The number of nitrogens with zero attached hydrogens (tertiary/aromatic N) is 1. The van der Waals surface area contributed by atoms with Gasteiger partial charge in [0.2, 0.25) is 0 Å². The van der Waals surface area contributed by atoms with Crippen molar-refractivity contribution in [2.45, 2.75) is 12.5 Å². The van der Waals surface area contributed by atoms with Crippen LogP contribution in [0.2, 0.25) is 0 Å². The largest absolute Gasteiger partial charge is 0.397 e. The molecule has 4 N–H and O–H groups in total. The van der Waals surface area contributed by atoms with Gasteiger partial charge in [0, 0.05) is 29.9 Å². The van der Waals surface area contributed by atoms with Crippen molar-refractivity contribution < 1.29 is 9.59 Å². The van der Waals surface area contributed by atoms with Crippen molar-refractivity contribution in [3.63, 3.8) is 0 Å². The number of carbonyl (C=O) groups excluding carboxylic acids is 2. The van der Waals surface area contributed by atoms with Crippen LogP contribution in [0.25, 0.3) is 0 Å². The van der Waals surface area contributed by atoms with Gasteiger partial charge in [0.15, 0.2) is 5.69 Å². The quantitative estimate of drug-likeness (QED) is 0.559. The van der Waals surface area contributed by atoms with E-state index in [2.05, 4.69) is 21.5 Å². The Balaban J connectivity index is 1.48. The SMILES string of the molecule is C#Cc1ccc(C(=O)NC[C@H]2C=C[C@@H](NC(=O)c3ncccc3N)C2)cc1. The number of aromatic nitrogens is 1. The van der Waals surface area contributed by atoms with Crippen LogP contribution in [0.1, 0.15) is 32.8 Å². The summed E-state index contributed by atoms with van der Waals surface area (Å²) < 4.78 is 0. The van der Waals surface area contributed by atoms with Gasteiger partial charge in [-0.1, -0.05) is 18.1 Å². The van der Waals surface area contributed by atoms with Gasteiger partial charge in [0.25, 0.3) is 11.8 Å². The minimum atomic E-state index is -0.305. The summed E-state index contributed by atoms with van der Waals surface area (Å²) in [4.78, 5) is 28.5. The molecule has 0 saturated carbocycles. The maximum atomic E-state index is 12.3. The van der Waals surface area contributed by atoms with Gasteiger partial charge in [-0.2, -0.15) is 0 Å². The van der Waals surface area contributed by atoms with Crippen LogP contribution < -0.4 is 16.4 Å². The van der Waals surface area contributed by atoms with E-state index in [1.807, 2.05) is 12.2 Å². The van der Waals surface area contributed by atoms with E-state index >= 15 is 0 Å². The number of nitrogens with one attached hydrogen (secondary N) is 2. The van der Waals surface area contributed by atoms with Crippen LogP contribution in [0.15, 0.2) is 54.7 Å². The standard InChI is InChI=1S/C21H20N4O2/c1-2-14-5-8-16(9-6-14)20(26)24-13-15-7-10-17(12-15)25-21(27)19-18(22)4-3-11-23-19/h1,3-11,15,17H,12-13,22H2,(H,24,26)(H,25,27)/t15-,17+/m0/s1. The fraction of sp³-hybridized carbons (Fsp3) is 0.190. The van der Waals surface area contributed by atoms with Crippen LogP contribution in [0.5, 0.6) is 0 Å². The van der Waals surface area contributed by atoms with Crippen LogP contribution >= 0.6 is 0 Å². The normalized spacial score (nSPS) is 17.9. The Morgan fingerprint density at radius 1 is 1.19 bits per heavy atom. The number of terminal acetylenes is 1. The van der Waals surface area contributed by atoms with E-state index in [1.54, 1.807) is 36.4 Å². The first-order valence-electron chi connectivity index (χ1n) is 8.61. The molecule has 1 aromatic carbocycles. The zero-order valence-electron chi connectivity index (χ0n) is 14.7. The Morgan fingerprint density at radius 2 is 1.96 bits per heavy atom. The number of amides is 2. The second kappa shape index (κ2) is 8.19. The summed E-state index contributed by atoms with van der Waals surface area (Å²) in [6, 6.07) is 10.1. The third-order valence-electron chi connectivity index (χ3n) is 4.38. The summed E-state index contributed by atoms with van der Waals surface area (Å²) >= 11 is 0. The lowest BCUT2D eigenvalue weighted by Gasteiger charge is -2.15. The van der Waals surface area contributed by atoms with Gasteiger partial charge in [-0.15, -0.1) is 6.42 Å². The van der Waals surface area contributed by atoms with E-state index in [4.69, 9.17) is 12.2 Å². The van der Waals surface area contributed by atoms with E-state index in [9.17, 15) is 9.59 Å². The summed E-state index contributed by atoms with van der Waals surface area (Å²) in [6.07, 6.45) is 11.5. The molecule has 0 radical (unpaired) electrons. The number of nitrogen functional groups attached to an aromatic ring is 1. The molecule has 2 aromatic rings. The lowest BCUT2D eigenvalue weighted by Crippen LogP contribution is -2.35. The molecule has 136 valence electrons. The molecule has 2 amide bonds. The van der Waals surface area contributed by atoms with Crippen LogP contribution in [-0.4, -0.2) is 29.4 Å². The number of nitrogens with two attached hydrogens (primary N) is 1. The number of benzene rings is 1. The highest BCUT2D eigenvalue weighted by atomic mass is 16.2. The van der Waals surface area contributed by atoms with Crippen molar-refractivity contribution in [1.82, 2.24) is 15.6 Å². The molecule has 0 saturated heterocycles. The molecule has 0 unspecified atom stereocenters. The lowest BCUT2D eigenvalue weighted by molar-refractivity contribution is 0.0927. The Morgan fingerprint density at radius 3 is 2.67 bits per heavy atom. The Hall–Kier alpha value is -3.59. The van der Waals surface area contributed by atoms with Gasteiger partial charge in [-0.05, 0) is 48.7 Å². The average molecular weight is 360 g/mol. The summed E-state index contributed by atoms with van der Waals surface area (Å²) in [6.45, 7) is 0.490. The Bertz CT molecular complexity index is 913. The maximum absolute atomic E-state index is 12.3. The van der Waals surface area contributed by atoms with Gasteiger partial charge in [-0.3, -0.25) is 9.59 Å². The fourth-order valence-corrected chi connectivity index (χ4v) is 2.92. The number of hydrogen-bond acceptors (Lipinski definition) is 4. The fourth-order valence-electron chi connectivity index (χ4n) is 2.92. The van der Waals surface area contributed by atoms with Crippen molar-refractivity contribution >= 4 is 17.5 Å². The topological polar surface area (TPSA) is 97.1 Å². The van der Waals surface area contributed by atoms with Crippen LogP contribution in [0.3, 0.4) is 0 Å². The summed E-state index contributed by atoms with van der Waals surface area (Å²) in [5, 5.41) is 5.80. The number of rotatable bonds is 5. The van der Waals surface area contributed by atoms with Crippen LogP contribution in [0, 0.1) is 18.3 Å². The third-order valence-corrected chi connectivity index (χ3v) is 4.38. The molecule has 3 rings (SSSR count). The summed E-state index contributed by atoms with van der Waals surface area (Å²) in [5.74, 6) is 2.20. The molecule has 1 aliphatic carbocycles. The molecule has 0 spiro atoms. The van der Waals surface area contributed by atoms with Crippen molar-refractivity contribution in [1.29, 1.82) is 0 Å². The molecule has 6 nitrogen and oxygen atoms in total. The molecule has 0 bridgehead atoms. The van der Waals surface area contributed by atoms with Gasteiger partial charge in [0.05, 0.1) is 5.69 Å². The van der Waals surface area contributed by atoms with Gasteiger partial charge in [0.1, 0.15) is 0 Å². The van der Waals surface area contributed by atoms with E-state index in [1.165, 1.54) is 6.20 Å². The van der Waals surface area contributed by atoms with E-state index in [0.29, 0.717) is 24.2 Å². The molecule has 1 aromatic heterocycles. The highest BCUT2D eigenvalue weighted by Gasteiger charge is 2.22. The predicted molar refractivity (Wildman–Crippen MR) is 104 cm³/mol. The van der Waals surface area contributed by atoms with E-state index < -0.39 is 0 Å². The second-order valence-electron chi connectivity index (χ2n) is 6.33. The minimum Gasteiger partial charge on any atom is -0.397 e. The molecule has 1 heterocycles. The van der Waals surface area contributed by atoms with Crippen molar-refractivity contribution in [3.05, 3.63) is 71.6 Å². The summed E-state index contributed by atoms with van der Waals surface area (Å²) in [7, 11) is 0. The smallest absolute Gasteiger partial charge is 0.272 e. The van der Waals surface area contributed by atoms with Gasteiger partial charge >= 0.3 is 0 Å². The molecule has 27 heavy (non-hydrogen) atoms. The van der Waals surface area contributed by atoms with Gasteiger partial charge in [-0.25, -0.2) is 4.98 Å². The molecular formula is C21H20N4O2. The number of anilines is 1. The highest BCUT2D eigenvalue weighted by molar-refractivity contribution is 5.97. The van der Waals surface area contributed by atoms with Crippen LogP contribution in [0.4, 0.5) is 5.69 Å². The maximum Gasteiger partial charge on any atom is 0.272 e. The van der Waals surface area contributed by atoms with Crippen molar-refractivity contribution in [2.24, 2.45) is 5.92 Å². The average Bonchev–Trinajstić information content (AvgIpc) is 3.13. The molecule has 2 atom stereocenters. The number of pyridine rings is 1. The molecule has 1 aliphatic rings. The van der Waals surface area contributed by atoms with Crippen molar-refractivity contribution in [3.8, 4) is 12.3 Å². The lowest BCUT2D eigenvalue weighted by atomic mass is 10.1. The van der Waals surface area contributed by atoms with E-state index in [0.717, 1.165) is 5.56 Å². The Labute approximate surface area is 157 Å². The molecule has 6 heteroatoms. The predicted octanol–water partition coefficient (Wildman–Crippen LogP) is 1.75. The first-order chi connectivity index (χ1) is 13.1. The minimum absolute atomic E-state index is 0.115. The number of hydrogen-bond donors (Lipinski definition) is 3. The zero-order chi connectivity index (χ0) is 19.2. The highest BCUT2D eigenvalue weighted by Crippen LogP contribution is 2.18. The number of carbonyl (C=O) groups is 2. The Kier molecular flexibility index (Phi) is 5.53. The molecular weight excluding hydrogens is 340 g/mol. The van der Waals surface area contributed by atoms with Gasteiger partial charge < -0.3 is 16.4 Å². The van der Waals surface area contributed by atoms with Crippen molar-refractivity contribution in [2.75, 3.05) is 12.3 Å². The zero-order valence-corrected chi connectivity index (χ0v) is 14.7. The third kappa shape index (κ3) is 4.53. The van der Waals surface area contributed by atoms with Crippen LogP contribution in [-0.2, 0) is 0 Å². The monoisotopic (exact) mass is 360 g/mol. The first-order valence-corrected chi connectivity index (χ1v) is 8.61. The first kappa shape index (κ1) is 18.2. The molecule has 0 fully saturated rings. The summed E-state index contributed by atoms with van der Waals surface area (Å²) in [5.41, 5.74) is 7.64.